The van der Waals surface area contributed by atoms with Gasteiger partial charge >= 0.3 is 0 Å². The molecule has 2 aromatic carbocycles. The monoisotopic (exact) mass is 368 g/mol. The van der Waals surface area contributed by atoms with E-state index in [1.54, 1.807) is 0 Å². The standard InChI is InChI=1S/C19H17BrN2O/c1-12-10-13(6-7-16(12)20)22-18(23)19(8-9-19)15-11-21-17-5-3-2-4-14(15)17/h2-7,10-11,21H,8-9H2,1H3,(H,22,23). The van der Waals surface area contributed by atoms with E-state index in [0.717, 1.165) is 45.0 Å². The summed E-state index contributed by atoms with van der Waals surface area (Å²) in [6.45, 7) is 2.02. The number of aryl methyl sites for hydroxylation is 1. The molecule has 0 spiro atoms. The van der Waals surface area contributed by atoms with Gasteiger partial charge in [0.25, 0.3) is 0 Å². The van der Waals surface area contributed by atoms with E-state index in [1.165, 1.54) is 0 Å². The average molecular weight is 369 g/mol. The molecule has 1 fully saturated rings. The number of hydrogen-bond donors (Lipinski definition) is 2. The van der Waals surface area contributed by atoms with Gasteiger partial charge in [-0.15, -0.1) is 0 Å². The number of nitrogens with one attached hydrogen (secondary N) is 2. The third-order valence-corrected chi connectivity index (χ3v) is 5.60. The van der Waals surface area contributed by atoms with Crippen molar-refractivity contribution in [2.45, 2.75) is 25.2 Å². The van der Waals surface area contributed by atoms with E-state index in [-0.39, 0.29) is 11.3 Å². The van der Waals surface area contributed by atoms with Crippen LogP contribution in [0.25, 0.3) is 10.9 Å². The van der Waals surface area contributed by atoms with Crippen molar-refractivity contribution < 1.29 is 4.79 Å². The smallest absolute Gasteiger partial charge is 0.235 e. The third kappa shape index (κ3) is 2.38. The normalized spacial score (nSPS) is 15.6. The summed E-state index contributed by atoms with van der Waals surface area (Å²) in [6.07, 6.45) is 3.79. The number of hydrogen-bond acceptors (Lipinski definition) is 1. The van der Waals surface area contributed by atoms with Gasteiger partial charge in [-0.05, 0) is 55.2 Å². The number of rotatable bonds is 3. The van der Waals surface area contributed by atoms with Gasteiger partial charge in [-0.3, -0.25) is 4.79 Å². The van der Waals surface area contributed by atoms with Gasteiger partial charge in [0.1, 0.15) is 0 Å². The number of H-pyrrole nitrogens is 1. The summed E-state index contributed by atoms with van der Waals surface area (Å²) in [5.41, 5.74) is 3.77. The maximum Gasteiger partial charge on any atom is 0.235 e. The Morgan fingerprint density at radius 3 is 2.74 bits per heavy atom. The van der Waals surface area contributed by atoms with Gasteiger partial charge in [-0.2, -0.15) is 0 Å². The molecule has 0 atom stereocenters. The number of carbonyl (C=O) groups is 1. The first-order valence-electron chi connectivity index (χ1n) is 7.74. The lowest BCUT2D eigenvalue weighted by Crippen LogP contribution is -2.27. The Morgan fingerprint density at radius 2 is 2.00 bits per heavy atom. The van der Waals surface area contributed by atoms with Crippen LogP contribution in [0.5, 0.6) is 0 Å². The molecule has 1 amide bonds. The number of benzene rings is 2. The maximum absolute atomic E-state index is 12.9. The molecule has 23 heavy (non-hydrogen) atoms. The number of fused-ring (bicyclic) bond motifs is 1. The van der Waals surface area contributed by atoms with Crippen LogP contribution in [0.15, 0.2) is 53.1 Å². The minimum Gasteiger partial charge on any atom is -0.361 e. The lowest BCUT2D eigenvalue weighted by molar-refractivity contribution is -0.118. The Bertz CT molecular complexity index is 909. The van der Waals surface area contributed by atoms with E-state index in [2.05, 4.69) is 32.3 Å². The molecule has 116 valence electrons. The predicted molar refractivity (Wildman–Crippen MR) is 96.7 cm³/mol. The third-order valence-electron chi connectivity index (χ3n) is 4.71. The minimum absolute atomic E-state index is 0.0870. The molecule has 1 aromatic heterocycles. The highest BCUT2D eigenvalue weighted by Gasteiger charge is 2.52. The molecule has 4 rings (SSSR count). The van der Waals surface area contributed by atoms with Crippen molar-refractivity contribution in [1.82, 2.24) is 4.98 Å². The number of anilines is 1. The van der Waals surface area contributed by atoms with Crippen LogP contribution in [0.1, 0.15) is 24.0 Å². The lowest BCUT2D eigenvalue weighted by atomic mass is 9.94. The zero-order valence-corrected chi connectivity index (χ0v) is 14.4. The van der Waals surface area contributed by atoms with E-state index in [9.17, 15) is 4.79 Å². The fourth-order valence-corrected chi connectivity index (χ4v) is 3.43. The molecule has 0 bridgehead atoms. The number of aromatic amines is 1. The second kappa shape index (κ2) is 5.24. The van der Waals surface area contributed by atoms with E-state index < -0.39 is 0 Å². The van der Waals surface area contributed by atoms with Crippen LogP contribution in [-0.4, -0.2) is 10.9 Å². The van der Waals surface area contributed by atoms with Crippen LogP contribution in [0, 0.1) is 6.92 Å². The molecular formula is C19H17BrN2O. The summed E-state index contributed by atoms with van der Waals surface area (Å²) in [6, 6.07) is 14.0. The molecule has 0 aliphatic heterocycles. The van der Waals surface area contributed by atoms with Gasteiger partial charge in [-0.25, -0.2) is 0 Å². The Hall–Kier alpha value is -2.07. The van der Waals surface area contributed by atoms with Crippen molar-refractivity contribution in [2.75, 3.05) is 5.32 Å². The Balaban J connectivity index is 1.66. The van der Waals surface area contributed by atoms with Crippen LogP contribution in [0.4, 0.5) is 5.69 Å². The van der Waals surface area contributed by atoms with Gasteiger partial charge in [0, 0.05) is 27.3 Å². The van der Waals surface area contributed by atoms with E-state index in [0.29, 0.717) is 0 Å². The van der Waals surface area contributed by atoms with Crippen LogP contribution in [0.2, 0.25) is 0 Å². The largest absolute Gasteiger partial charge is 0.361 e. The van der Waals surface area contributed by atoms with Gasteiger partial charge in [0.05, 0.1) is 5.41 Å². The highest BCUT2D eigenvalue weighted by molar-refractivity contribution is 9.10. The molecule has 0 unspecified atom stereocenters. The summed E-state index contributed by atoms with van der Waals surface area (Å²) in [5.74, 6) is 0.0870. The molecule has 3 nitrogen and oxygen atoms in total. The fourth-order valence-electron chi connectivity index (χ4n) is 3.18. The van der Waals surface area contributed by atoms with Crippen molar-refractivity contribution in [3.63, 3.8) is 0 Å². The highest BCUT2D eigenvalue weighted by atomic mass is 79.9. The van der Waals surface area contributed by atoms with Crippen LogP contribution < -0.4 is 5.32 Å². The van der Waals surface area contributed by atoms with Crippen molar-refractivity contribution >= 4 is 38.4 Å². The summed E-state index contributed by atoms with van der Waals surface area (Å²) in [7, 11) is 0. The molecule has 0 radical (unpaired) electrons. The molecule has 1 heterocycles. The summed E-state index contributed by atoms with van der Waals surface area (Å²) < 4.78 is 1.05. The molecular weight excluding hydrogens is 352 g/mol. The fraction of sp³-hybridized carbons (Fsp3) is 0.211. The molecule has 2 N–H and O–H groups in total. The number of halogens is 1. The first-order chi connectivity index (χ1) is 11.1. The van der Waals surface area contributed by atoms with Gasteiger partial charge in [0.15, 0.2) is 0 Å². The van der Waals surface area contributed by atoms with E-state index >= 15 is 0 Å². The predicted octanol–water partition coefficient (Wildman–Crippen LogP) is 4.91. The number of amides is 1. The number of carbonyl (C=O) groups excluding carboxylic acids is 1. The van der Waals surface area contributed by atoms with E-state index in [1.807, 2.05) is 49.5 Å². The molecule has 1 saturated carbocycles. The highest BCUT2D eigenvalue weighted by Crippen LogP contribution is 2.51. The van der Waals surface area contributed by atoms with Crippen LogP contribution in [-0.2, 0) is 10.2 Å². The summed E-state index contributed by atoms with van der Waals surface area (Å²) >= 11 is 3.49. The Kier molecular flexibility index (Phi) is 3.31. The van der Waals surface area contributed by atoms with E-state index in [4.69, 9.17) is 0 Å². The minimum atomic E-state index is -0.388. The maximum atomic E-state index is 12.9. The van der Waals surface area contributed by atoms with Gasteiger partial charge < -0.3 is 10.3 Å². The van der Waals surface area contributed by atoms with Crippen molar-refractivity contribution in [3.8, 4) is 0 Å². The van der Waals surface area contributed by atoms with Gasteiger partial charge in [0.2, 0.25) is 5.91 Å². The molecule has 0 saturated heterocycles. The van der Waals surface area contributed by atoms with Gasteiger partial charge in [-0.1, -0.05) is 34.1 Å². The molecule has 1 aliphatic rings. The first-order valence-corrected chi connectivity index (χ1v) is 8.54. The number of aromatic nitrogens is 1. The van der Waals surface area contributed by atoms with Crippen LogP contribution in [0.3, 0.4) is 0 Å². The second-order valence-corrected chi connectivity index (χ2v) is 7.10. The number of para-hydroxylation sites is 1. The molecule has 1 aliphatic carbocycles. The van der Waals surface area contributed by atoms with Crippen LogP contribution >= 0.6 is 15.9 Å². The second-order valence-electron chi connectivity index (χ2n) is 6.25. The lowest BCUT2D eigenvalue weighted by Gasteiger charge is -2.15. The zero-order valence-electron chi connectivity index (χ0n) is 12.8. The quantitative estimate of drug-likeness (QED) is 0.677. The van der Waals surface area contributed by atoms with Crippen molar-refractivity contribution in [1.29, 1.82) is 0 Å². The Labute approximate surface area is 143 Å². The molecule has 3 aromatic rings. The Morgan fingerprint density at radius 1 is 1.22 bits per heavy atom. The topological polar surface area (TPSA) is 44.9 Å². The summed E-state index contributed by atoms with van der Waals surface area (Å²) in [5, 5.41) is 4.24. The molecule has 4 heteroatoms. The summed E-state index contributed by atoms with van der Waals surface area (Å²) in [4.78, 5) is 16.2. The van der Waals surface area contributed by atoms with Crippen molar-refractivity contribution in [3.05, 3.63) is 64.3 Å². The first kappa shape index (κ1) is 14.5. The SMILES string of the molecule is Cc1cc(NC(=O)C2(c3c[nH]c4ccccc34)CC2)ccc1Br. The zero-order chi connectivity index (χ0) is 16.0. The van der Waals surface area contributed by atoms with Crippen molar-refractivity contribution in [2.24, 2.45) is 0 Å². The average Bonchev–Trinajstić information content (AvgIpc) is 3.24.